The maximum Gasteiger partial charge on any atom is 0.436 e. The quantitative estimate of drug-likeness (QED) is 0.696. The van der Waals surface area contributed by atoms with Crippen molar-refractivity contribution in [1.29, 1.82) is 0 Å². The summed E-state index contributed by atoms with van der Waals surface area (Å²) in [5.41, 5.74) is -1.43. The SMILES string of the molecule is Cc1c(Br)c(C(F)(F)F)nn1CC(=O)Nc1ccc(F)cc1OC(F)F. The molecule has 0 unspecified atom stereocenters. The fraction of sp³-hybridized carbons (Fsp3) is 0.286. The minimum absolute atomic E-state index is 0.0376. The van der Waals surface area contributed by atoms with E-state index in [0.717, 1.165) is 16.8 Å². The van der Waals surface area contributed by atoms with Gasteiger partial charge in [0.15, 0.2) is 11.4 Å². The number of halogens is 7. The van der Waals surface area contributed by atoms with Gasteiger partial charge >= 0.3 is 12.8 Å². The molecule has 142 valence electrons. The summed E-state index contributed by atoms with van der Waals surface area (Å²) in [5, 5.41) is 5.48. The number of carbonyl (C=O) groups excluding carboxylic acids is 1. The van der Waals surface area contributed by atoms with E-state index in [2.05, 4.69) is 31.1 Å². The molecule has 26 heavy (non-hydrogen) atoms. The molecule has 1 heterocycles. The Morgan fingerprint density at radius 3 is 2.58 bits per heavy atom. The van der Waals surface area contributed by atoms with E-state index in [-0.39, 0.29) is 15.9 Å². The largest absolute Gasteiger partial charge is 0.436 e. The number of hydrogen-bond donors (Lipinski definition) is 1. The standard InChI is InChI=1S/C14H10BrF6N3O2/c1-6-11(15)12(14(19,20)21)23-24(6)5-10(25)22-8-3-2-7(16)4-9(8)26-13(17)18/h2-4,13H,5H2,1H3,(H,22,25). The molecule has 0 saturated heterocycles. The molecule has 5 nitrogen and oxygen atoms in total. The number of hydrogen-bond acceptors (Lipinski definition) is 3. The number of rotatable bonds is 5. The molecular weight excluding hydrogens is 436 g/mol. The van der Waals surface area contributed by atoms with Crippen LogP contribution in [0.5, 0.6) is 5.75 Å². The predicted molar refractivity (Wildman–Crippen MR) is 81.3 cm³/mol. The highest BCUT2D eigenvalue weighted by Gasteiger charge is 2.38. The maximum atomic E-state index is 13.1. The minimum atomic E-state index is -4.72. The number of alkyl halides is 5. The molecule has 0 fully saturated rings. The highest BCUT2D eigenvalue weighted by atomic mass is 79.9. The Labute approximate surface area is 151 Å². The summed E-state index contributed by atoms with van der Waals surface area (Å²) in [6, 6.07) is 2.52. The first kappa shape index (κ1) is 20.1. The fourth-order valence-electron chi connectivity index (χ4n) is 1.98. The Kier molecular flexibility index (Phi) is 5.84. The van der Waals surface area contributed by atoms with Crippen LogP contribution in [0.2, 0.25) is 0 Å². The molecule has 0 atom stereocenters. The molecular formula is C14H10BrF6N3O2. The molecule has 0 saturated carbocycles. The second-order valence-corrected chi connectivity index (χ2v) is 5.76. The van der Waals surface area contributed by atoms with E-state index in [4.69, 9.17) is 0 Å². The zero-order chi connectivity index (χ0) is 19.6. The minimum Gasteiger partial charge on any atom is -0.432 e. The molecule has 0 aliphatic carbocycles. The maximum absolute atomic E-state index is 13.1. The van der Waals surface area contributed by atoms with Crippen LogP contribution in [0.1, 0.15) is 11.4 Å². The molecule has 2 aromatic rings. The van der Waals surface area contributed by atoms with Crippen molar-refractivity contribution in [3.05, 3.63) is 39.9 Å². The van der Waals surface area contributed by atoms with Crippen molar-refractivity contribution in [3.63, 3.8) is 0 Å². The Bertz CT molecular complexity index is 822. The Morgan fingerprint density at radius 2 is 2.04 bits per heavy atom. The van der Waals surface area contributed by atoms with Crippen molar-refractivity contribution < 1.29 is 35.9 Å². The summed E-state index contributed by atoms with van der Waals surface area (Å²) in [7, 11) is 0. The van der Waals surface area contributed by atoms with Gasteiger partial charge in [0.25, 0.3) is 0 Å². The van der Waals surface area contributed by atoms with Crippen LogP contribution in [0.4, 0.5) is 32.0 Å². The highest BCUT2D eigenvalue weighted by Crippen LogP contribution is 2.35. The molecule has 1 amide bonds. The summed E-state index contributed by atoms with van der Waals surface area (Å²) >= 11 is 2.76. The van der Waals surface area contributed by atoms with Gasteiger partial charge in [-0.05, 0) is 35.0 Å². The zero-order valence-corrected chi connectivity index (χ0v) is 14.5. The van der Waals surface area contributed by atoms with E-state index >= 15 is 0 Å². The van der Waals surface area contributed by atoms with Gasteiger partial charge in [0.2, 0.25) is 5.91 Å². The third-order valence-corrected chi connectivity index (χ3v) is 4.08. The first-order valence-electron chi connectivity index (χ1n) is 6.83. The topological polar surface area (TPSA) is 56.2 Å². The molecule has 1 aromatic heterocycles. The van der Waals surface area contributed by atoms with Gasteiger partial charge in [0.1, 0.15) is 12.4 Å². The second-order valence-electron chi connectivity index (χ2n) is 4.97. The van der Waals surface area contributed by atoms with E-state index in [0.29, 0.717) is 6.07 Å². The lowest BCUT2D eigenvalue weighted by Gasteiger charge is -2.12. The molecule has 0 spiro atoms. The number of amides is 1. The lowest BCUT2D eigenvalue weighted by molar-refractivity contribution is -0.142. The number of nitrogens with one attached hydrogen (secondary N) is 1. The average molecular weight is 446 g/mol. The second kappa shape index (κ2) is 7.56. The lowest BCUT2D eigenvalue weighted by atomic mass is 10.2. The Hall–Kier alpha value is -2.24. The third kappa shape index (κ3) is 4.68. The van der Waals surface area contributed by atoms with Crippen LogP contribution in [-0.2, 0) is 17.5 Å². The van der Waals surface area contributed by atoms with Gasteiger partial charge < -0.3 is 10.1 Å². The van der Waals surface area contributed by atoms with Crippen LogP contribution in [0.15, 0.2) is 22.7 Å². The van der Waals surface area contributed by atoms with Gasteiger partial charge in [0.05, 0.1) is 15.9 Å². The van der Waals surface area contributed by atoms with E-state index in [9.17, 15) is 31.1 Å². The summed E-state index contributed by atoms with van der Waals surface area (Å²) < 4.78 is 80.8. The molecule has 1 aromatic carbocycles. The third-order valence-electron chi connectivity index (χ3n) is 3.13. The summed E-state index contributed by atoms with van der Waals surface area (Å²) in [4.78, 5) is 12.0. The molecule has 12 heteroatoms. The summed E-state index contributed by atoms with van der Waals surface area (Å²) in [5.74, 6) is -2.37. The predicted octanol–water partition coefficient (Wildman–Crippen LogP) is 4.35. The summed E-state index contributed by atoms with van der Waals surface area (Å²) in [6.07, 6.45) is -4.72. The van der Waals surface area contributed by atoms with Gasteiger partial charge in [-0.1, -0.05) is 0 Å². The molecule has 1 N–H and O–H groups in total. The first-order valence-corrected chi connectivity index (χ1v) is 7.62. The normalized spacial score (nSPS) is 11.7. The van der Waals surface area contributed by atoms with Crippen molar-refractivity contribution in [1.82, 2.24) is 9.78 Å². The van der Waals surface area contributed by atoms with Gasteiger partial charge in [-0.3, -0.25) is 9.48 Å². The highest BCUT2D eigenvalue weighted by molar-refractivity contribution is 9.10. The van der Waals surface area contributed by atoms with Crippen molar-refractivity contribution >= 4 is 27.5 Å². The van der Waals surface area contributed by atoms with Crippen molar-refractivity contribution in [3.8, 4) is 5.75 Å². The monoisotopic (exact) mass is 445 g/mol. The van der Waals surface area contributed by atoms with Gasteiger partial charge in [-0.15, -0.1) is 0 Å². The van der Waals surface area contributed by atoms with Crippen LogP contribution in [0, 0.1) is 12.7 Å². The molecule has 0 aliphatic rings. The van der Waals surface area contributed by atoms with Crippen LogP contribution < -0.4 is 10.1 Å². The first-order chi connectivity index (χ1) is 12.0. The van der Waals surface area contributed by atoms with Crippen LogP contribution in [0.3, 0.4) is 0 Å². The number of benzene rings is 1. The smallest absolute Gasteiger partial charge is 0.432 e. The average Bonchev–Trinajstić information content (AvgIpc) is 2.78. The number of ether oxygens (including phenoxy) is 1. The van der Waals surface area contributed by atoms with E-state index in [1.165, 1.54) is 6.92 Å². The lowest BCUT2D eigenvalue weighted by Crippen LogP contribution is -2.21. The van der Waals surface area contributed by atoms with Gasteiger partial charge in [-0.25, -0.2) is 4.39 Å². The zero-order valence-electron chi connectivity index (χ0n) is 12.9. The number of carbonyl (C=O) groups is 1. The van der Waals surface area contributed by atoms with Crippen LogP contribution in [0.25, 0.3) is 0 Å². The number of aromatic nitrogens is 2. The Morgan fingerprint density at radius 1 is 1.38 bits per heavy atom. The van der Waals surface area contributed by atoms with Gasteiger partial charge in [-0.2, -0.15) is 27.1 Å². The fourth-order valence-corrected chi connectivity index (χ4v) is 2.49. The number of nitrogens with zero attached hydrogens (tertiary/aromatic N) is 2. The van der Waals surface area contributed by atoms with E-state index < -0.39 is 42.5 Å². The van der Waals surface area contributed by atoms with Crippen molar-refractivity contribution in [2.45, 2.75) is 26.3 Å². The molecule has 0 bridgehead atoms. The van der Waals surface area contributed by atoms with Crippen LogP contribution in [-0.4, -0.2) is 22.3 Å². The van der Waals surface area contributed by atoms with Gasteiger partial charge in [0, 0.05) is 6.07 Å². The van der Waals surface area contributed by atoms with Crippen LogP contribution >= 0.6 is 15.9 Å². The van der Waals surface area contributed by atoms with E-state index in [1.54, 1.807) is 0 Å². The van der Waals surface area contributed by atoms with E-state index in [1.807, 2.05) is 0 Å². The van der Waals surface area contributed by atoms with Crippen molar-refractivity contribution in [2.24, 2.45) is 0 Å². The Balaban J connectivity index is 2.20. The molecule has 0 aliphatic heterocycles. The summed E-state index contributed by atoms with van der Waals surface area (Å²) in [6.45, 7) is -2.58. The molecule has 0 radical (unpaired) electrons. The number of anilines is 1. The van der Waals surface area contributed by atoms with Crippen molar-refractivity contribution in [2.75, 3.05) is 5.32 Å². The molecule has 2 rings (SSSR count).